The van der Waals surface area contributed by atoms with Crippen LogP contribution in [0.25, 0.3) is 10.2 Å². The summed E-state index contributed by atoms with van der Waals surface area (Å²) in [6, 6.07) is 8.15. The topological polar surface area (TPSA) is 61.0 Å². The van der Waals surface area contributed by atoms with Gasteiger partial charge in [-0.1, -0.05) is 24.6 Å². The lowest BCUT2D eigenvalue weighted by atomic mass is 10.1. The number of hydrogen-bond donors (Lipinski definition) is 1. The molecule has 3 rings (SSSR count). The number of fused-ring (bicyclic) bond motifs is 1. The van der Waals surface area contributed by atoms with Crippen LogP contribution in [0, 0.1) is 13.8 Å². The van der Waals surface area contributed by atoms with Crippen LogP contribution in [0.3, 0.4) is 0 Å². The Morgan fingerprint density at radius 1 is 1.19 bits per heavy atom. The normalized spacial score (nSPS) is 11.0. The van der Waals surface area contributed by atoms with Gasteiger partial charge in [0.05, 0.1) is 5.39 Å². The van der Waals surface area contributed by atoms with Crippen molar-refractivity contribution < 1.29 is 4.74 Å². The standard InChI is InChI=1S/C16H17N3OS/c1-4-11-8-12-14(18-16(17)19-15(12)21-11)20-13-6-5-9(2)7-10(13)3/h5-8H,4H2,1-3H3,(H2,17,18,19). The minimum atomic E-state index is 0.242. The highest BCUT2D eigenvalue weighted by Crippen LogP contribution is 2.34. The summed E-state index contributed by atoms with van der Waals surface area (Å²) in [7, 11) is 0. The number of benzene rings is 1. The van der Waals surface area contributed by atoms with E-state index in [9.17, 15) is 0 Å². The third kappa shape index (κ3) is 2.69. The van der Waals surface area contributed by atoms with Gasteiger partial charge in [-0.05, 0) is 38.0 Å². The lowest BCUT2D eigenvalue weighted by Crippen LogP contribution is -1.98. The van der Waals surface area contributed by atoms with Crippen molar-refractivity contribution in [2.45, 2.75) is 27.2 Å². The number of ether oxygens (including phenoxy) is 1. The highest BCUT2D eigenvalue weighted by molar-refractivity contribution is 7.18. The molecular formula is C16H17N3OS. The summed E-state index contributed by atoms with van der Waals surface area (Å²) in [5.41, 5.74) is 8.08. The van der Waals surface area contributed by atoms with E-state index in [0.717, 1.165) is 28.0 Å². The highest BCUT2D eigenvalue weighted by Gasteiger charge is 2.13. The van der Waals surface area contributed by atoms with Crippen molar-refractivity contribution in [3.05, 3.63) is 40.3 Å². The van der Waals surface area contributed by atoms with Gasteiger partial charge in [-0.2, -0.15) is 4.98 Å². The number of nitrogen functional groups attached to an aromatic ring is 1. The quantitative estimate of drug-likeness (QED) is 0.785. The van der Waals surface area contributed by atoms with Crippen molar-refractivity contribution in [3.63, 3.8) is 0 Å². The number of nitrogens with two attached hydrogens (primary N) is 1. The molecule has 0 unspecified atom stereocenters. The molecular weight excluding hydrogens is 282 g/mol. The van der Waals surface area contributed by atoms with Crippen LogP contribution in [-0.4, -0.2) is 9.97 Å². The fourth-order valence-corrected chi connectivity index (χ4v) is 3.20. The van der Waals surface area contributed by atoms with Gasteiger partial charge in [0.1, 0.15) is 10.6 Å². The lowest BCUT2D eigenvalue weighted by Gasteiger charge is -2.09. The van der Waals surface area contributed by atoms with Crippen molar-refractivity contribution in [1.29, 1.82) is 0 Å². The van der Waals surface area contributed by atoms with E-state index >= 15 is 0 Å². The van der Waals surface area contributed by atoms with Crippen molar-refractivity contribution >= 4 is 27.5 Å². The van der Waals surface area contributed by atoms with Crippen LogP contribution in [0.4, 0.5) is 5.95 Å². The van der Waals surface area contributed by atoms with Crippen LogP contribution >= 0.6 is 11.3 Å². The number of rotatable bonds is 3. The molecule has 0 spiro atoms. The number of aryl methyl sites for hydroxylation is 3. The second-order valence-corrected chi connectivity index (χ2v) is 6.16. The Kier molecular flexibility index (Phi) is 3.51. The second-order valence-electron chi connectivity index (χ2n) is 5.04. The lowest BCUT2D eigenvalue weighted by molar-refractivity contribution is 0.465. The van der Waals surface area contributed by atoms with Gasteiger partial charge >= 0.3 is 0 Å². The van der Waals surface area contributed by atoms with Gasteiger partial charge in [0.2, 0.25) is 11.8 Å². The fourth-order valence-electron chi connectivity index (χ4n) is 2.23. The van der Waals surface area contributed by atoms with E-state index in [4.69, 9.17) is 10.5 Å². The molecule has 0 aliphatic heterocycles. The molecule has 0 radical (unpaired) electrons. The molecule has 4 nitrogen and oxygen atoms in total. The van der Waals surface area contributed by atoms with E-state index < -0.39 is 0 Å². The summed E-state index contributed by atoms with van der Waals surface area (Å²) in [6.07, 6.45) is 0.962. The zero-order chi connectivity index (χ0) is 15.0. The first-order chi connectivity index (χ1) is 10.1. The van der Waals surface area contributed by atoms with Crippen LogP contribution < -0.4 is 10.5 Å². The van der Waals surface area contributed by atoms with Crippen molar-refractivity contribution in [3.8, 4) is 11.6 Å². The average molecular weight is 299 g/mol. The van der Waals surface area contributed by atoms with Crippen LogP contribution in [0.5, 0.6) is 11.6 Å². The molecule has 0 saturated heterocycles. The molecule has 0 aliphatic rings. The Hall–Kier alpha value is -2.14. The maximum Gasteiger partial charge on any atom is 0.232 e. The van der Waals surface area contributed by atoms with E-state index in [0.29, 0.717) is 5.88 Å². The van der Waals surface area contributed by atoms with E-state index in [1.54, 1.807) is 11.3 Å². The molecule has 3 aromatic rings. The second kappa shape index (κ2) is 5.33. The van der Waals surface area contributed by atoms with Gasteiger partial charge < -0.3 is 10.5 Å². The molecule has 0 amide bonds. The SMILES string of the molecule is CCc1cc2c(Oc3ccc(C)cc3C)nc(N)nc2s1. The number of aromatic nitrogens is 2. The number of nitrogens with zero attached hydrogens (tertiary/aromatic N) is 2. The largest absolute Gasteiger partial charge is 0.438 e. The minimum absolute atomic E-state index is 0.242. The Morgan fingerprint density at radius 3 is 2.71 bits per heavy atom. The predicted octanol–water partition coefficient (Wildman–Crippen LogP) is 4.25. The Morgan fingerprint density at radius 2 is 2.00 bits per heavy atom. The van der Waals surface area contributed by atoms with Gasteiger partial charge in [0, 0.05) is 4.88 Å². The molecule has 0 fully saturated rings. The van der Waals surface area contributed by atoms with Gasteiger partial charge in [-0.25, -0.2) is 4.98 Å². The zero-order valence-electron chi connectivity index (χ0n) is 12.3. The van der Waals surface area contributed by atoms with Crippen LogP contribution in [0.1, 0.15) is 22.9 Å². The maximum atomic E-state index is 5.99. The Labute approximate surface area is 127 Å². The van der Waals surface area contributed by atoms with Gasteiger partial charge in [-0.15, -0.1) is 11.3 Å². The smallest absolute Gasteiger partial charge is 0.232 e. The summed E-state index contributed by atoms with van der Waals surface area (Å²) in [5, 5.41) is 0.922. The van der Waals surface area contributed by atoms with E-state index in [1.807, 2.05) is 19.1 Å². The van der Waals surface area contributed by atoms with E-state index in [1.165, 1.54) is 10.4 Å². The summed E-state index contributed by atoms with van der Waals surface area (Å²) < 4.78 is 5.99. The fraction of sp³-hybridized carbons (Fsp3) is 0.250. The predicted molar refractivity (Wildman–Crippen MR) is 87.2 cm³/mol. The third-order valence-corrected chi connectivity index (χ3v) is 4.48. The summed E-state index contributed by atoms with van der Waals surface area (Å²) in [4.78, 5) is 10.7. The molecule has 1 aromatic carbocycles. The molecule has 2 aromatic heterocycles. The first-order valence-corrected chi connectivity index (χ1v) is 7.69. The van der Waals surface area contributed by atoms with Crippen molar-refractivity contribution in [2.24, 2.45) is 0 Å². The first-order valence-electron chi connectivity index (χ1n) is 6.88. The summed E-state index contributed by atoms with van der Waals surface area (Å²) in [6.45, 7) is 6.20. The molecule has 2 N–H and O–H groups in total. The molecule has 108 valence electrons. The van der Waals surface area contributed by atoms with Crippen LogP contribution in [0.2, 0.25) is 0 Å². The Bertz CT molecular complexity index is 811. The molecule has 0 aliphatic carbocycles. The molecule has 2 heterocycles. The number of anilines is 1. The summed E-state index contributed by atoms with van der Waals surface area (Å²) in [5.74, 6) is 1.57. The number of hydrogen-bond acceptors (Lipinski definition) is 5. The maximum absolute atomic E-state index is 5.99. The van der Waals surface area contributed by atoms with E-state index in [-0.39, 0.29) is 5.95 Å². The number of thiophene rings is 1. The average Bonchev–Trinajstić information content (AvgIpc) is 2.85. The molecule has 0 saturated carbocycles. The van der Waals surface area contributed by atoms with Crippen molar-refractivity contribution in [2.75, 3.05) is 5.73 Å². The molecule has 0 bridgehead atoms. The zero-order valence-corrected chi connectivity index (χ0v) is 13.1. The van der Waals surface area contributed by atoms with Crippen molar-refractivity contribution in [1.82, 2.24) is 9.97 Å². The van der Waals surface area contributed by atoms with Crippen LogP contribution in [-0.2, 0) is 6.42 Å². The van der Waals surface area contributed by atoms with Gasteiger partial charge in [0.15, 0.2) is 0 Å². The van der Waals surface area contributed by atoms with Gasteiger partial charge in [-0.3, -0.25) is 0 Å². The van der Waals surface area contributed by atoms with Crippen LogP contribution in [0.15, 0.2) is 24.3 Å². The third-order valence-electron chi connectivity index (χ3n) is 3.31. The van der Waals surface area contributed by atoms with Gasteiger partial charge in [0.25, 0.3) is 0 Å². The minimum Gasteiger partial charge on any atom is -0.438 e. The summed E-state index contributed by atoms with van der Waals surface area (Å²) >= 11 is 1.63. The van der Waals surface area contributed by atoms with E-state index in [2.05, 4.69) is 35.9 Å². The molecule has 5 heteroatoms. The molecule has 0 atom stereocenters. The molecule has 21 heavy (non-hydrogen) atoms. The Balaban J connectivity index is 2.08. The first kappa shape index (κ1) is 13.8. The highest BCUT2D eigenvalue weighted by atomic mass is 32.1. The monoisotopic (exact) mass is 299 g/mol.